The highest BCUT2D eigenvalue weighted by atomic mass is 32.1. The monoisotopic (exact) mass is 347 g/mol. The van der Waals surface area contributed by atoms with Gasteiger partial charge in [-0.15, -0.1) is 0 Å². The van der Waals surface area contributed by atoms with Gasteiger partial charge in [-0.2, -0.15) is 0 Å². The van der Waals surface area contributed by atoms with E-state index in [1.807, 2.05) is 25.1 Å². The molecule has 0 spiro atoms. The number of hydrogen-bond acceptors (Lipinski definition) is 4. The fourth-order valence-corrected chi connectivity index (χ4v) is 3.54. The van der Waals surface area contributed by atoms with Gasteiger partial charge in [0.15, 0.2) is 0 Å². The van der Waals surface area contributed by atoms with Crippen molar-refractivity contribution in [2.75, 3.05) is 19.6 Å². The van der Waals surface area contributed by atoms with Gasteiger partial charge in [-0.25, -0.2) is 0 Å². The van der Waals surface area contributed by atoms with Gasteiger partial charge in [0.1, 0.15) is 6.54 Å². The van der Waals surface area contributed by atoms with Crippen molar-refractivity contribution < 1.29 is 4.79 Å². The number of nitrogens with one attached hydrogen (secondary N) is 1. The van der Waals surface area contributed by atoms with Crippen LogP contribution in [0.2, 0.25) is 0 Å². The summed E-state index contributed by atoms with van der Waals surface area (Å²) >= 11 is 1.13. The molecule has 0 saturated heterocycles. The number of amides is 1. The van der Waals surface area contributed by atoms with Crippen molar-refractivity contribution in [2.24, 2.45) is 0 Å². The maximum atomic E-state index is 12.3. The van der Waals surface area contributed by atoms with Crippen LogP contribution in [-0.2, 0) is 11.3 Å². The summed E-state index contributed by atoms with van der Waals surface area (Å²) in [5, 5.41) is 4.76. The van der Waals surface area contributed by atoms with Gasteiger partial charge in [0.2, 0.25) is 5.91 Å². The molecule has 0 saturated carbocycles. The Balaban J connectivity index is 2.05. The predicted octanol–water partition coefficient (Wildman–Crippen LogP) is 2.42. The second kappa shape index (κ2) is 8.80. The van der Waals surface area contributed by atoms with E-state index in [0.29, 0.717) is 6.54 Å². The maximum absolute atomic E-state index is 12.3. The average molecular weight is 347 g/mol. The van der Waals surface area contributed by atoms with Crippen LogP contribution >= 0.6 is 11.3 Å². The Morgan fingerprint density at radius 2 is 1.92 bits per heavy atom. The molecule has 1 N–H and O–H groups in total. The fourth-order valence-electron chi connectivity index (χ4n) is 2.80. The molecule has 2 aromatic rings. The van der Waals surface area contributed by atoms with Crippen LogP contribution in [0, 0.1) is 6.92 Å². The molecular weight excluding hydrogens is 322 g/mol. The molecule has 0 fully saturated rings. The third-order valence-electron chi connectivity index (χ3n) is 4.21. The quantitative estimate of drug-likeness (QED) is 0.798. The van der Waals surface area contributed by atoms with Crippen molar-refractivity contribution >= 4 is 17.2 Å². The summed E-state index contributed by atoms with van der Waals surface area (Å²) < 4.78 is 1.51. The lowest BCUT2D eigenvalue weighted by Crippen LogP contribution is -2.39. The van der Waals surface area contributed by atoms with Crippen molar-refractivity contribution in [1.82, 2.24) is 14.8 Å². The summed E-state index contributed by atoms with van der Waals surface area (Å²) in [6.07, 6.45) is 0. The van der Waals surface area contributed by atoms with Crippen molar-refractivity contribution in [3.05, 3.63) is 56.6 Å². The van der Waals surface area contributed by atoms with Gasteiger partial charge < -0.3 is 5.32 Å². The zero-order chi connectivity index (χ0) is 17.5. The third-order valence-corrected chi connectivity index (χ3v) is 5.09. The van der Waals surface area contributed by atoms with Gasteiger partial charge >= 0.3 is 4.87 Å². The minimum atomic E-state index is -0.133. The Bertz CT molecular complexity index is 705. The smallest absolute Gasteiger partial charge is 0.307 e. The Morgan fingerprint density at radius 3 is 2.46 bits per heavy atom. The lowest BCUT2D eigenvalue weighted by atomic mass is 10.1. The zero-order valence-corrected chi connectivity index (χ0v) is 15.3. The van der Waals surface area contributed by atoms with Crippen molar-refractivity contribution in [2.45, 2.75) is 33.4 Å². The molecule has 1 atom stereocenters. The van der Waals surface area contributed by atoms with Gasteiger partial charge in [0.25, 0.3) is 0 Å². The first-order valence-corrected chi connectivity index (χ1v) is 9.15. The molecule has 130 valence electrons. The number of rotatable bonds is 8. The van der Waals surface area contributed by atoms with E-state index in [2.05, 4.69) is 36.2 Å². The zero-order valence-electron chi connectivity index (χ0n) is 14.5. The predicted molar refractivity (Wildman–Crippen MR) is 98.4 cm³/mol. The van der Waals surface area contributed by atoms with Crippen LogP contribution < -0.4 is 10.2 Å². The SMILES string of the molecule is CCN(CC)C(CNC(=O)Cn1c(C)csc1=O)c1ccccc1. The first-order valence-electron chi connectivity index (χ1n) is 8.27. The van der Waals surface area contributed by atoms with E-state index in [0.717, 1.165) is 30.1 Å². The number of likely N-dealkylation sites (N-methyl/N-ethyl adjacent to an activating group) is 1. The summed E-state index contributed by atoms with van der Waals surface area (Å²) in [5.74, 6) is -0.133. The molecular formula is C18H25N3O2S. The first kappa shape index (κ1) is 18.4. The molecule has 1 unspecified atom stereocenters. The Kier molecular flexibility index (Phi) is 6.75. The normalized spacial score (nSPS) is 12.3. The van der Waals surface area contributed by atoms with Gasteiger partial charge in [0, 0.05) is 17.6 Å². The number of nitrogens with zero attached hydrogens (tertiary/aromatic N) is 2. The van der Waals surface area contributed by atoms with E-state index >= 15 is 0 Å². The number of carbonyl (C=O) groups is 1. The summed E-state index contributed by atoms with van der Waals surface area (Å²) in [5.41, 5.74) is 2.01. The first-order chi connectivity index (χ1) is 11.6. The Hall–Kier alpha value is -1.92. The van der Waals surface area contributed by atoms with Crippen molar-refractivity contribution in [3.63, 3.8) is 0 Å². The highest BCUT2D eigenvalue weighted by molar-refractivity contribution is 7.07. The van der Waals surface area contributed by atoms with Crippen molar-refractivity contribution in [1.29, 1.82) is 0 Å². The molecule has 1 aromatic carbocycles. The van der Waals surface area contributed by atoms with Crippen LogP contribution in [0.4, 0.5) is 0 Å². The summed E-state index contributed by atoms with van der Waals surface area (Å²) in [7, 11) is 0. The molecule has 2 rings (SSSR count). The molecule has 0 aliphatic heterocycles. The molecule has 0 radical (unpaired) electrons. The summed E-state index contributed by atoms with van der Waals surface area (Å²) in [4.78, 5) is 26.2. The Morgan fingerprint density at radius 1 is 1.25 bits per heavy atom. The minimum absolute atomic E-state index is 0.0773. The number of thiazole rings is 1. The third kappa shape index (κ3) is 4.55. The van der Waals surface area contributed by atoms with Gasteiger partial charge in [-0.1, -0.05) is 55.5 Å². The largest absolute Gasteiger partial charge is 0.353 e. The fraction of sp³-hybridized carbons (Fsp3) is 0.444. The lowest BCUT2D eigenvalue weighted by molar-refractivity contribution is -0.122. The topological polar surface area (TPSA) is 54.3 Å². The highest BCUT2D eigenvalue weighted by Crippen LogP contribution is 2.19. The van der Waals surface area contributed by atoms with E-state index in [1.54, 1.807) is 5.38 Å². The second-order valence-corrected chi connectivity index (χ2v) is 6.50. The molecule has 5 nitrogen and oxygen atoms in total. The van der Waals surface area contributed by atoms with E-state index in [9.17, 15) is 9.59 Å². The molecule has 0 aliphatic rings. The standard InChI is InChI=1S/C18H25N3O2S/c1-4-20(5-2)16(15-9-7-6-8-10-15)11-19-17(22)12-21-14(3)13-24-18(21)23/h6-10,13,16H,4-5,11-12H2,1-3H3,(H,19,22). The van der Waals surface area contributed by atoms with Gasteiger partial charge in [0.05, 0.1) is 6.04 Å². The molecule has 1 aromatic heterocycles. The van der Waals surface area contributed by atoms with Crippen LogP contribution in [-0.4, -0.2) is 35.0 Å². The lowest BCUT2D eigenvalue weighted by Gasteiger charge is -2.30. The second-order valence-electron chi connectivity index (χ2n) is 5.68. The number of carbonyl (C=O) groups excluding carboxylic acids is 1. The molecule has 0 bridgehead atoms. The maximum Gasteiger partial charge on any atom is 0.307 e. The number of aryl methyl sites for hydroxylation is 1. The Labute approximate surface area is 146 Å². The molecule has 6 heteroatoms. The van der Waals surface area contributed by atoms with Gasteiger partial charge in [-0.3, -0.25) is 19.1 Å². The highest BCUT2D eigenvalue weighted by Gasteiger charge is 2.19. The summed E-state index contributed by atoms with van der Waals surface area (Å²) in [6, 6.07) is 10.3. The number of benzene rings is 1. The average Bonchev–Trinajstić information content (AvgIpc) is 2.91. The van der Waals surface area contributed by atoms with E-state index in [1.165, 1.54) is 10.1 Å². The van der Waals surface area contributed by atoms with Crippen molar-refractivity contribution in [3.8, 4) is 0 Å². The summed E-state index contributed by atoms with van der Waals surface area (Å²) in [6.45, 7) is 8.51. The molecule has 24 heavy (non-hydrogen) atoms. The molecule has 1 amide bonds. The van der Waals surface area contributed by atoms with E-state index in [4.69, 9.17) is 0 Å². The van der Waals surface area contributed by atoms with Crippen LogP contribution in [0.25, 0.3) is 0 Å². The van der Waals surface area contributed by atoms with E-state index < -0.39 is 0 Å². The van der Waals surface area contributed by atoms with Crippen LogP contribution in [0.5, 0.6) is 0 Å². The minimum Gasteiger partial charge on any atom is -0.353 e. The van der Waals surface area contributed by atoms with Gasteiger partial charge in [-0.05, 0) is 25.6 Å². The number of aromatic nitrogens is 1. The molecule has 0 aliphatic carbocycles. The number of hydrogen-bond donors (Lipinski definition) is 1. The van der Waals surface area contributed by atoms with Crippen LogP contribution in [0.15, 0.2) is 40.5 Å². The van der Waals surface area contributed by atoms with Crippen LogP contribution in [0.3, 0.4) is 0 Å². The van der Waals surface area contributed by atoms with Crippen LogP contribution in [0.1, 0.15) is 31.1 Å². The van der Waals surface area contributed by atoms with E-state index in [-0.39, 0.29) is 23.4 Å². The molecule has 1 heterocycles.